The standard InChI is InChI=1S/C47H31N/c1-2-17-37-35(15-1)36-16-4-6-21-41(36)45-29-33(23-24-42(37)45)31-12-9-11-30(27-31)32-13-10-14-34(28-32)46-26-25-44-40-20-5-3-18-38(40)39-19-7-8-22-43(39)47(44)48-46/h1-29,46,48H. The van der Waals surface area contributed by atoms with Crippen LogP contribution in [0.25, 0.3) is 82.2 Å². The fraction of sp³-hybridized carbons (Fsp3) is 0.0213. The minimum atomic E-state index is 0.0776. The number of hydrogen-bond acceptors (Lipinski definition) is 1. The molecule has 9 aromatic rings. The summed E-state index contributed by atoms with van der Waals surface area (Å²) in [5, 5.41) is 16.9. The molecule has 10 rings (SSSR count). The van der Waals surface area contributed by atoms with Gasteiger partial charge in [-0.3, -0.25) is 0 Å². The van der Waals surface area contributed by atoms with E-state index in [1.54, 1.807) is 0 Å². The fourth-order valence-corrected chi connectivity index (χ4v) is 7.96. The van der Waals surface area contributed by atoms with Crippen molar-refractivity contribution in [2.45, 2.75) is 6.04 Å². The van der Waals surface area contributed by atoms with E-state index in [0.717, 1.165) is 0 Å². The number of anilines is 1. The van der Waals surface area contributed by atoms with E-state index in [1.165, 1.54) is 92.9 Å². The summed E-state index contributed by atoms with van der Waals surface area (Å²) >= 11 is 0. The zero-order valence-corrected chi connectivity index (χ0v) is 26.3. The third-order valence-electron chi connectivity index (χ3n) is 10.2. The van der Waals surface area contributed by atoms with Crippen LogP contribution in [0.4, 0.5) is 5.69 Å². The van der Waals surface area contributed by atoms with E-state index in [9.17, 15) is 0 Å². The molecule has 0 saturated carbocycles. The SMILES string of the molecule is C1=CC(c2cccc(-c3cccc(-c4ccc5c6ccccc6c6ccccc6c5c4)c3)c2)Nc2c1c1ccccc1c1ccccc21. The van der Waals surface area contributed by atoms with E-state index in [2.05, 4.69) is 181 Å². The highest BCUT2D eigenvalue weighted by Gasteiger charge is 2.20. The Balaban J connectivity index is 1.04. The maximum atomic E-state index is 3.92. The highest BCUT2D eigenvalue weighted by atomic mass is 14.9. The van der Waals surface area contributed by atoms with Crippen LogP contribution in [0.15, 0.2) is 170 Å². The topological polar surface area (TPSA) is 12.0 Å². The van der Waals surface area contributed by atoms with Crippen molar-refractivity contribution in [2.75, 3.05) is 5.32 Å². The van der Waals surface area contributed by atoms with Crippen molar-refractivity contribution in [3.05, 3.63) is 181 Å². The molecule has 0 aliphatic carbocycles. The lowest BCUT2D eigenvalue weighted by atomic mass is 9.90. The van der Waals surface area contributed by atoms with Gasteiger partial charge in [-0.2, -0.15) is 0 Å². The molecule has 0 radical (unpaired) electrons. The van der Waals surface area contributed by atoms with Crippen molar-refractivity contribution in [3.63, 3.8) is 0 Å². The molecule has 224 valence electrons. The zero-order chi connectivity index (χ0) is 31.6. The molecule has 0 amide bonds. The van der Waals surface area contributed by atoms with E-state index in [0.29, 0.717) is 0 Å². The van der Waals surface area contributed by atoms with Crippen LogP contribution in [-0.4, -0.2) is 0 Å². The van der Waals surface area contributed by atoms with Crippen LogP contribution in [0.1, 0.15) is 17.2 Å². The van der Waals surface area contributed by atoms with E-state index in [4.69, 9.17) is 0 Å². The predicted octanol–water partition coefficient (Wildman–Crippen LogP) is 13.0. The fourth-order valence-electron chi connectivity index (χ4n) is 7.96. The Morgan fingerprint density at radius 3 is 1.44 bits per heavy atom. The predicted molar refractivity (Wildman–Crippen MR) is 207 cm³/mol. The molecule has 9 aromatic carbocycles. The molecule has 48 heavy (non-hydrogen) atoms. The highest BCUT2D eigenvalue weighted by Crippen LogP contribution is 2.42. The van der Waals surface area contributed by atoms with Crippen molar-refractivity contribution in [2.24, 2.45) is 0 Å². The quantitative estimate of drug-likeness (QED) is 0.197. The Kier molecular flexibility index (Phi) is 6.01. The highest BCUT2D eigenvalue weighted by molar-refractivity contribution is 6.25. The molecule has 1 unspecified atom stereocenters. The number of nitrogens with one attached hydrogen (secondary N) is 1. The van der Waals surface area contributed by atoms with Gasteiger partial charge in [0, 0.05) is 10.9 Å². The summed E-state index contributed by atoms with van der Waals surface area (Å²) in [5.74, 6) is 0. The molecule has 0 spiro atoms. The van der Waals surface area contributed by atoms with Crippen LogP contribution >= 0.6 is 0 Å². The Hall–Kier alpha value is -6.18. The summed E-state index contributed by atoms with van der Waals surface area (Å²) in [5.41, 5.74) is 8.61. The molecule has 1 heterocycles. The van der Waals surface area contributed by atoms with Gasteiger partial charge in [0.1, 0.15) is 0 Å². The lowest BCUT2D eigenvalue weighted by Crippen LogP contribution is -2.13. The van der Waals surface area contributed by atoms with Crippen LogP contribution < -0.4 is 5.32 Å². The van der Waals surface area contributed by atoms with Gasteiger partial charge in [-0.1, -0.05) is 158 Å². The first kappa shape index (κ1) is 27.0. The van der Waals surface area contributed by atoms with Crippen LogP contribution in [0, 0.1) is 0 Å². The Labute approximate surface area is 279 Å². The monoisotopic (exact) mass is 609 g/mol. The van der Waals surface area contributed by atoms with Crippen LogP contribution in [-0.2, 0) is 0 Å². The number of rotatable bonds is 3. The third kappa shape index (κ3) is 4.18. The molecular formula is C47H31N. The molecule has 0 bridgehead atoms. The van der Waals surface area contributed by atoms with Crippen molar-refractivity contribution in [1.82, 2.24) is 0 Å². The van der Waals surface area contributed by atoms with Gasteiger partial charge in [-0.25, -0.2) is 0 Å². The van der Waals surface area contributed by atoms with Gasteiger partial charge >= 0.3 is 0 Å². The second kappa shape index (κ2) is 10.7. The Morgan fingerprint density at radius 1 is 0.333 bits per heavy atom. The molecule has 1 aliphatic heterocycles. The van der Waals surface area contributed by atoms with Gasteiger partial charge < -0.3 is 5.32 Å². The molecule has 0 aromatic heterocycles. The minimum absolute atomic E-state index is 0.0776. The summed E-state index contributed by atoms with van der Waals surface area (Å²) in [6.45, 7) is 0. The second-order valence-electron chi connectivity index (χ2n) is 12.9. The van der Waals surface area contributed by atoms with Crippen molar-refractivity contribution < 1.29 is 0 Å². The van der Waals surface area contributed by atoms with Gasteiger partial charge in [0.15, 0.2) is 0 Å². The van der Waals surface area contributed by atoms with Gasteiger partial charge in [-0.05, 0) is 94.5 Å². The smallest absolute Gasteiger partial charge is 0.0701 e. The summed E-state index contributed by atoms with van der Waals surface area (Å²) < 4.78 is 0. The lowest BCUT2D eigenvalue weighted by molar-refractivity contribution is 0.984. The molecule has 1 nitrogen and oxygen atoms in total. The van der Waals surface area contributed by atoms with E-state index < -0.39 is 0 Å². The van der Waals surface area contributed by atoms with Gasteiger partial charge in [-0.15, -0.1) is 0 Å². The summed E-state index contributed by atoms with van der Waals surface area (Å²) in [6, 6.07) is 60.1. The number of hydrogen-bond donors (Lipinski definition) is 1. The third-order valence-corrected chi connectivity index (χ3v) is 10.2. The minimum Gasteiger partial charge on any atom is -0.374 e. The Morgan fingerprint density at radius 2 is 0.792 bits per heavy atom. The van der Waals surface area contributed by atoms with Crippen LogP contribution in [0.2, 0.25) is 0 Å². The van der Waals surface area contributed by atoms with Gasteiger partial charge in [0.2, 0.25) is 0 Å². The first-order valence-corrected chi connectivity index (χ1v) is 16.7. The molecule has 0 fully saturated rings. The summed E-state index contributed by atoms with van der Waals surface area (Å²) in [4.78, 5) is 0. The van der Waals surface area contributed by atoms with Crippen molar-refractivity contribution in [1.29, 1.82) is 0 Å². The van der Waals surface area contributed by atoms with Crippen molar-refractivity contribution >= 4 is 65.6 Å². The molecule has 1 N–H and O–H groups in total. The normalized spacial score (nSPS) is 14.1. The first-order chi connectivity index (χ1) is 23.8. The molecule has 1 aliphatic rings. The van der Waals surface area contributed by atoms with Crippen LogP contribution in [0.5, 0.6) is 0 Å². The first-order valence-electron chi connectivity index (χ1n) is 16.7. The average molecular weight is 610 g/mol. The largest absolute Gasteiger partial charge is 0.374 e. The number of fused-ring (bicyclic) bond motifs is 12. The zero-order valence-electron chi connectivity index (χ0n) is 26.3. The van der Waals surface area contributed by atoms with E-state index in [1.807, 2.05) is 0 Å². The molecule has 0 saturated heterocycles. The van der Waals surface area contributed by atoms with E-state index in [-0.39, 0.29) is 6.04 Å². The molecule has 1 heteroatoms. The van der Waals surface area contributed by atoms with Crippen LogP contribution in [0.3, 0.4) is 0 Å². The second-order valence-corrected chi connectivity index (χ2v) is 12.9. The maximum Gasteiger partial charge on any atom is 0.0701 e. The van der Waals surface area contributed by atoms with E-state index >= 15 is 0 Å². The maximum absolute atomic E-state index is 3.92. The lowest BCUT2D eigenvalue weighted by Gasteiger charge is -2.26. The van der Waals surface area contributed by atoms with Gasteiger partial charge in [0.25, 0.3) is 0 Å². The average Bonchev–Trinajstić information content (AvgIpc) is 3.18. The van der Waals surface area contributed by atoms with Crippen molar-refractivity contribution in [3.8, 4) is 22.3 Å². The summed E-state index contributed by atoms with van der Waals surface area (Å²) in [6.07, 6.45) is 4.62. The summed E-state index contributed by atoms with van der Waals surface area (Å²) in [7, 11) is 0. The molecular weight excluding hydrogens is 579 g/mol. The number of benzene rings is 9. The Bertz CT molecular complexity index is 2730. The molecule has 1 atom stereocenters. The van der Waals surface area contributed by atoms with Gasteiger partial charge in [0.05, 0.1) is 11.7 Å².